The van der Waals surface area contributed by atoms with Gasteiger partial charge in [-0.25, -0.2) is 0 Å². The summed E-state index contributed by atoms with van der Waals surface area (Å²) in [5, 5.41) is 8.70. The molecule has 3 nitrogen and oxygen atoms in total. The van der Waals surface area contributed by atoms with Crippen LogP contribution in [0.1, 0.15) is 22.6 Å². The Morgan fingerprint density at radius 3 is 3.00 bits per heavy atom. The fourth-order valence-corrected chi connectivity index (χ4v) is 3.14. The molecular weight excluding hydrogens is 256 g/mol. The van der Waals surface area contributed by atoms with Crippen LogP contribution in [0, 0.1) is 11.8 Å². The molecule has 4 heteroatoms. The maximum Gasteiger partial charge on any atom is 0.0771 e. The van der Waals surface area contributed by atoms with Crippen LogP contribution in [0.3, 0.4) is 0 Å². The van der Waals surface area contributed by atoms with Gasteiger partial charge in [-0.15, -0.1) is 11.3 Å². The highest BCUT2D eigenvalue weighted by Gasteiger charge is 2.12. The molecule has 1 fully saturated rings. The fraction of sp³-hybridized carbons (Fsp3) is 0.600. The van der Waals surface area contributed by atoms with Gasteiger partial charge in [-0.05, 0) is 38.7 Å². The van der Waals surface area contributed by atoms with Gasteiger partial charge in [-0.1, -0.05) is 11.8 Å². The molecule has 0 amide bonds. The van der Waals surface area contributed by atoms with Crippen molar-refractivity contribution < 1.29 is 5.11 Å². The van der Waals surface area contributed by atoms with Gasteiger partial charge in [0.25, 0.3) is 0 Å². The molecule has 0 unspecified atom stereocenters. The zero-order chi connectivity index (χ0) is 13.5. The second-order valence-corrected chi connectivity index (χ2v) is 6.14. The quantitative estimate of drug-likeness (QED) is 0.851. The molecule has 0 saturated carbocycles. The van der Waals surface area contributed by atoms with E-state index in [2.05, 4.69) is 40.8 Å². The third-order valence-corrected chi connectivity index (χ3v) is 4.29. The van der Waals surface area contributed by atoms with Gasteiger partial charge in [0.1, 0.15) is 0 Å². The highest BCUT2D eigenvalue weighted by Crippen LogP contribution is 2.18. The molecule has 1 saturated heterocycles. The Bertz CT molecular complexity index is 446. The molecule has 0 atom stereocenters. The molecule has 1 aliphatic heterocycles. The van der Waals surface area contributed by atoms with E-state index in [4.69, 9.17) is 5.11 Å². The van der Waals surface area contributed by atoms with E-state index < -0.39 is 0 Å². The van der Waals surface area contributed by atoms with Crippen molar-refractivity contribution in [2.24, 2.45) is 0 Å². The minimum absolute atomic E-state index is 0.145. The van der Waals surface area contributed by atoms with Gasteiger partial charge in [0.2, 0.25) is 0 Å². The van der Waals surface area contributed by atoms with E-state index in [-0.39, 0.29) is 6.61 Å². The minimum atomic E-state index is 0.145. The van der Waals surface area contributed by atoms with Crippen LogP contribution < -0.4 is 0 Å². The first kappa shape index (κ1) is 14.5. The van der Waals surface area contributed by atoms with Crippen molar-refractivity contribution in [3.8, 4) is 11.8 Å². The Hall–Kier alpha value is -0.860. The monoisotopic (exact) mass is 278 g/mol. The van der Waals surface area contributed by atoms with Gasteiger partial charge in [0.05, 0.1) is 11.5 Å². The van der Waals surface area contributed by atoms with Gasteiger partial charge in [0.15, 0.2) is 0 Å². The van der Waals surface area contributed by atoms with E-state index in [0.29, 0.717) is 6.42 Å². The Morgan fingerprint density at radius 1 is 1.26 bits per heavy atom. The average Bonchev–Trinajstić information content (AvgIpc) is 2.73. The predicted octanol–water partition coefficient (Wildman–Crippen LogP) is 1.62. The normalized spacial score (nSPS) is 17.8. The lowest BCUT2D eigenvalue weighted by Gasteiger charge is -2.18. The number of aliphatic hydroxyl groups is 1. The molecule has 0 spiro atoms. The highest BCUT2D eigenvalue weighted by atomic mass is 32.1. The van der Waals surface area contributed by atoms with Crippen LogP contribution in [-0.2, 0) is 6.54 Å². The Labute approximate surface area is 119 Å². The molecule has 2 rings (SSSR count). The van der Waals surface area contributed by atoms with Gasteiger partial charge in [-0.3, -0.25) is 4.90 Å². The number of hydrogen-bond acceptors (Lipinski definition) is 4. The van der Waals surface area contributed by atoms with E-state index in [9.17, 15) is 0 Å². The first-order chi connectivity index (χ1) is 9.28. The summed E-state index contributed by atoms with van der Waals surface area (Å²) >= 11 is 1.77. The predicted molar refractivity (Wildman–Crippen MR) is 80.3 cm³/mol. The van der Waals surface area contributed by atoms with E-state index in [1.54, 1.807) is 11.3 Å². The number of nitrogens with zero attached hydrogens (tertiary/aromatic N) is 2. The van der Waals surface area contributed by atoms with E-state index in [0.717, 1.165) is 24.5 Å². The molecule has 1 aliphatic rings. The van der Waals surface area contributed by atoms with Crippen LogP contribution in [0.25, 0.3) is 0 Å². The SMILES string of the molecule is CN1CCCN(Cc2ccc(C#CCCO)s2)CC1. The summed E-state index contributed by atoms with van der Waals surface area (Å²) in [6, 6.07) is 4.27. The van der Waals surface area contributed by atoms with Crippen molar-refractivity contribution in [3.63, 3.8) is 0 Å². The topological polar surface area (TPSA) is 26.7 Å². The summed E-state index contributed by atoms with van der Waals surface area (Å²) in [5.41, 5.74) is 0. The van der Waals surface area contributed by atoms with Crippen molar-refractivity contribution >= 4 is 11.3 Å². The number of thiophene rings is 1. The maximum absolute atomic E-state index is 8.70. The molecule has 1 aromatic heterocycles. The van der Waals surface area contributed by atoms with Crippen LogP contribution in [-0.4, -0.2) is 54.7 Å². The van der Waals surface area contributed by atoms with Crippen molar-refractivity contribution in [2.75, 3.05) is 39.8 Å². The molecule has 1 N–H and O–H groups in total. The van der Waals surface area contributed by atoms with E-state index in [1.807, 2.05) is 0 Å². The molecule has 0 aromatic carbocycles. The lowest BCUT2D eigenvalue weighted by Crippen LogP contribution is -2.28. The zero-order valence-corrected chi connectivity index (χ0v) is 12.4. The molecule has 1 aromatic rings. The maximum atomic E-state index is 8.70. The number of aliphatic hydroxyl groups excluding tert-OH is 1. The van der Waals surface area contributed by atoms with Crippen molar-refractivity contribution in [2.45, 2.75) is 19.4 Å². The summed E-state index contributed by atoms with van der Waals surface area (Å²) < 4.78 is 0. The second kappa shape index (κ2) is 7.66. The third-order valence-electron chi connectivity index (χ3n) is 3.30. The summed E-state index contributed by atoms with van der Waals surface area (Å²) in [6.07, 6.45) is 1.82. The number of hydrogen-bond donors (Lipinski definition) is 1. The van der Waals surface area contributed by atoms with Gasteiger partial charge >= 0.3 is 0 Å². The molecule has 0 radical (unpaired) electrons. The third kappa shape index (κ3) is 4.96. The molecule has 2 heterocycles. The minimum Gasteiger partial charge on any atom is -0.395 e. The van der Waals surface area contributed by atoms with Gasteiger partial charge < -0.3 is 10.0 Å². The molecular formula is C15H22N2OS. The van der Waals surface area contributed by atoms with Crippen molar-refractivity contribution in [1.82, 2.24) is 9.80 Å². The standard InChI is InChI=1S/C15H22N2OS/c1-16-8-4-9-17(11-10-16)13-15-7-6-14(19-15)5-2-3-12-18/h6-7,18H,3-4,8-13H2,1H3. The van der Waals surface area contributed by atoms with Gasteiger partial charge in [-0.2, -0.15) is 0 Å². The first-order valence-electron chi connectivity index (χ1n) is 6.87. The second-order valence-electron chi connectivity index (χ2n) is 4.97. The molecule has 0 aliphatic carbocycles. The van der Waals surface area contributed by atoms with Crippen LogP contribution in [0.15, 0.2) is 12.1 Å². The Balaban J connectivity index is 1.87. The summed E-state index contributed by atoms with van der Waals surface area (Å²) in [7, 11) is 2.20. The highest BCUT2D eigenvalue weighted by molar-refractivity contribution is 7.12. The van der Waals surface area contributed by atoms with E-state index in [1.165, 1.54) is 24.4 Å². The van der Waals surface area contributed by atoms with Crippen LogP contribution in [0.5, 0.6) is 0 Å². The summed E-state index contributed by atoms with van der Waals surface area (Å²) in [6.45, 7) is 5.90. The van der Waals surface area contributed by atoms with Crippen LogP contribution >= 0.6 is 11.3 Å². The summed E-state index contributed by atoms with van der Waals surface area (Å²) in [5.74, 6) is 6.08. The Morgan fingerprint density at radius 2 is 2.16 bits per heavy atom. The molecule has 19 heavy (non-hydrogen) atoms. The summed E-state index contributed by atoms with van der Waals surface area (Å²) in [4.78, 5) is 7.42. The van der Waals surface area contributed by atoms with Crippen LogP contribution in [0.4, 0.5) is 0 Å². The average molecular weight is 278 g/mol. The lowest BCUT2D eigenvalue weighted by molar-refractivity contribution is 0.271. The van der Waals surface area contributed by atoms with Gasteiger partial charge in [0, 0.05) is 30.9 Å². The first-order valence-corrected chi connectivity index (χ1v) is 7.69. The van der Waals surface area contributed by atoms with E-state index >= 15 is 0 Å². The fourth-order valence-electron chi connectivity index (χ4n) is 2.21. The molecule has 104 valence electrons. The van der Waals surface area contributed by atoms with Crippen molar-refractivity contribution in [3.05, 3.63) is 21.9 Å². The number of likely N-dealkylation sites (N-methyl/N-ethyl adjacent to an activating group) is 1. The largest absolute Gasteiger partial charge is 0.395 e. The van der Waals surface area contributed by atoms with Crippen molar-refractivity contribution in [1.29, 1.82) is 0 Å². The molecule has 0 bridgehead atoms. The number of rotatable bonds is 3. The van der Waals surface area contributed by atoms with Crippen LogP contribution in [0.2, 0.25) is 0 Å². The smallest absolute Gasteiger partial charge is 0.0771 e. The Kier molecular flexibility index (Phi) is 5.87. The zero-order valence-electron chi connectivity index (χ0n) is 11.6. The lowest BCUT2D eigenvalue weighted by atomic mass is 10.3.